The summed E-state index contributed by atoms with van der Waals surface area (Å²) in [7, 11) is 0. The molecule has 12 rings (SSSR count). The van der Waals surface area contributed by atoms with Gasteiger partial charge < -0.3 is 0 Å². The van der Waals surface area contributed by atoms with Gasteiger partial charge in [-0.15, -0.1) is 0 Å². The third-order valence-corrected chi connectivity index (χ3v) is 13.0. The van der Waals surface area contributed by atoms with E-state index in [1.165, 1.54) is 37.9 Å². The zero-order valence-electron chi connectivity index (χ0n) is 36.9. The fourth-order valence-electron chi connectivity index (χ4n) is 9.56. The van der Waals surface area contributed by atoms with Crippen molar-refractivity contribution in [3.63, 3.8) is 0 Å². The Morgan fingerprint density at radius 1 is 0.250 bits per heavy atom. The Morgan fingerprint density at radius 3 is 1.46 bits per heavy atom. The van der Waals surface area contributed by atoms with Crippen LogP contribution in [0.5, 0.6) is 0 Å². The molecule has 0 radical (unpaired) electrons. The number of rotatable bonds is 8. The molecular formula is C64H40N4. The molecule has 316 valence electrons. The summed E-state index contributed by atoms with van der Waals surface area (Å²) in [6.07, 6.45) is 0. The predicted molar refractivity (Wildman–Crippen MR) is 282 cm³/mol. The second kappa shape index (κ2) is 17.2. The molecule has 4 heteroatoms. The van der Waals surface area contributed by atoms with Crippen LogP contribution >= 0.6 is 0 Å². The molecule has 4 nitrogen and oxygen atoms in total. The molecule has 12 aromatic rings. The topological polar surface area (TPSA) is 43.0 Å². The maximum absolute atomic E-state index is 8.21. The highest BCUT2D eigenvalue weighted by Crippen LogP contribution is 2.42. The first-order valence-corrected chi connectivity index (χ1v) is 22.8. The average Bonchev–Trinajstić information content (AvgIpc) is 3.42. The van der Waals surface area contributed by atoms with E-state index in [1.807, 2.05) is 48.5 Å². The molecule has 0 N–H and O–H groups in total. The maximum Gasteiger partial charge on any atom is 0.194 e. The molecule has 0 spiro atoms. The van der Waals surface area contributed by atoms with Gasteiger partial charge in [0.1, 0.15) is 0 Å². The number of hydrogen-bond acceptors (Lipinski definition) is 3. The van der Waals surface area contributed by atoms with Crippen molar-refractivity contribution in [3.8, 4) is 89.8 Å². The Morgan fingerprint density at radius 2 is 0.735 bits per heavy atom. The van der Waals surface area contributed by atoms with Crippen molar-refractivity contribution >= 4 is 38.0 Å². The smallest absolute Gasteiger partial charge is 0.194 e. The van der Waals surface area contributed by atoms with E-state index in [1.54, 1.807) is 0 Å². The Bertz CT molecular complexity index is 3910. The van der Waals surface area contributed by atoms with Gasteiger partial charge >= 0.3 is 0 Å². The number of fused-ring (bicyclic) bond motifs is 4. The molecule has 0 saturated heterocycles. The highest BCUT2D eigenvalue weighted by atomic mass is 15.0. The van der Waals surface area contributed by atoms with Gasteiger partial charge in [0.15, 0.2) is 23.2 Å². The summed E-state index contributed by atoms with van der Waals surface area (Å²) in [5, 5.41) is 7.35. The van der Waals surface area contributed by atoms with Crippen LogP contribution in [-0.2, 0) is 0 Å². The lowest BCUT2D eigenvalue weighted by Gasteiger charge is -2.15. The number of hydrogen-bond donors (Lipinski definition) is 0. The second-order valence-electron chi connectivity index (χ2n) is 17.0. The second-order valence-corrected chi connectivity index (χ2v) is 17.0. The van der Waals surface area contributed by atoms with E-state index >= 15 is 0 Å². The van der Waals surface area contributed by atoms with Crippen LogP contribution in [0.3, 0.4) is 0 Å². The summed E-state index contributed by atoms with van der Waals surface area (Å²) in [4.78, 5) is 19.3. The summed E-state index contributed by atoms with van der Waals surface area (Å²) in [5.74, 6) is 1.80. The van der Waals surface area contributed by atoms with E-state index in [0.29, 0.717) is 23.2 Å². The fourth-order valence-corrected chi connectivity index (χ4v) is 9.56. The van der Waals surface area contributed by atoms with Gasteiger partial charge in [-0.05, 0) is 100 Å². The van der Waals surface area contributed by atoms with Gasteiger partial charge in [0.05, 0.1) is 6.57 Å². The van der Waals surface area contributed by atoms with E-state index in [4.69, 9.17) is 21.5 Å². The van der Waals surface area contributed by atoms with Crippen molar-refractivity contribution < 1.29 is 0 Å². The minimum atomic E-state index is 0.588. The molecule has 0 fully saturated rings. The molecule has 1 heterocycles. The van der Waals surface area contributed by atoms with Gasteiger partial charge in [0.2, 0.25) is 0 Å². The first-order chi connectivity index (χ1) is 33.6. The summed E-state index contributed by atoms with van der Waals surface area (Å²) in [6.45, 7) is 8.21. The van der Waals surface area contributed by atoms with Crippen LogP contribution < -0.4 is 0 Å². The molecule has 0 aliphatic rings. The van der Waals surface area contributed by atoms with Crippen LogP contribution in [-0.4, -0.2) is 15.0 Å². The van der Waals surface area contributed by atoms with Gasteiger partial charge in [-0.1, -0.05) is 231 Å². The van der Waals surface area contributed by atoms with Crippen molar-refractivity contribution in [1.82, 2.24) is 15.0 Å². The standard InChI is InChI=1S/C64H40N4/c1-65-61-38-37-49(43-27-30-45(31-28-43)59-41-50-19-7-8-21-53(50)55-23-12-13-25-57(55)59)40-60(61)56-24-11-9-20-52(56)44-32-34-47(35-33-44)63-66-62(46-16-3-2-4-17-46)67-64(68-63)58-26-14-10-22-54(58)51-36-29-42-15-5-6-18-48(42)39-51/h2-41H. The number of aromatic nitrogens is 3. The molecule has 0 saturated carbocycles. The Hall–Kier alpha value is -9.30. The van der Waals surface area contributed by atoms with Crippen molar-refractivity contribution in [2.45, 2.75) is 0 Å². The molecule has 0 aliphatic carbocycles. The van der Waals surface area contributed by atoms with Crippen LogP contribution in [0.25, 0.3) is 127 Å². The van der Waals surface area contributed by atoms with E-state index in [-0.39, 0.29) is 0 Å². The first-order valence-electron chi connectivity index (χ1n) is 22.8. The molecule has 0 bridgehead atoms. The summed E-state index contributed by atoms with van der Waals surface area (Å²) < 4.78 is 0. The highest BCUT2D eigenvalue weighted by Gasteiger charge is 2.18. The largest absolute Gasteiger partial charge is 0.238 e. The quantitative estimate of drug-likeness (QED) is 0.113. The number of nitrogens with zero attached hydrogens (tertiary/aromatic N) is 4. The molecule has 0 aliphatic heterocycles. The highest BCUT2D eigenvalue weighted by molar-refractivity contribution is 6.13. The molecule has 0 unspecified atom stereocenters. The van der Waals surface area contributed by atoms with Crippen LogP contribution in [0.15, 0.2) is 243 Å². The van der Waals surface area contributed by atoms with Crippen molar-refractivity contribution in [3.05, 3.63) is 254 Å². The molecule has 0 atom stereocenters. The molecule has 1 aromatic heterocycles. The van der Waals surface area contributed by atoms with E-state index < -0.39 is 0 Å². The van der Waals surface area contributed by atoms with Crippen molar-refractivity contribution in [1.29, 1.82) is 0 Å². The minimum absolute atomic E-state index is 0.588. The lowest BCUT2D eigenvalue weighted by atomic mass is 9.90. The monoisotopic (exact) mass is 864 g/mol. The van der Waals surface area contributed by atoms with Gasteiger partial charge in [-0.25, -0.2) is 19.8 Å². The van der Waals surface area contributed by atoms with Gasteiger partial charge in [-0.3, -0.25) is 0 Å². The SMILES string of the molecule is [C-]#[N+]c1ccc(-c2ccc(-c3cc4ccccc4c4ccccc34)cc2)cc1-c1ccccc1-c1ccc(-c2nc(-c3ccccc3)nc(-c3ccccc3-c3ccc4ccccc4c3)n2)cc1. The zero-order valence-corrected chi connectivity index (χ0v) is 36.9. The van der Waals surface area contributed by atoms with E-state index in [0.717, 1.165) is 66.8 Å². The maximum atomic E-state index is 8.21. The van der Waals surface area contributed by atoms with E-state index in [2.05, 4.69) is 199 Å². The van der Waals surface area contributed by atoms with Crippen molar-refractivity contribution in [2.75, 3.05) is 0 Å². The summed E-state index contributed by atoms with van der Waals surface area (Å²) in [5.41, 5.74) is 13.9. The number of benzene rings is 11. The molecular weight excluding hydrogens is 825 g/mol. The Kier molecular flexibility index (Phi) is 10.2. The first kappa shape index (κ1) is 40.2. The normalized spacial score (nSPS) is 11.2. The Labute approximate surface area is 395 Å². The van der Waals surface area contributed by atoms with Gasteiger partial charge in [0.25, 0.3) is 0 Å². The average molecular weight is 865 g/mol. The molecule has 68 heavy (non-hydrogen) atoms. The lowest BCUT2D eigenvalue weighted by Crippen LogP contribution is -2.01. The van der Waals surface area contributed by atoms with Gasteiger partial charge in [-0.2, -0.15) is 0 Å². The van der Waals surface area contributed by atoms with Crippen LogP contribution in [0.4, 0.5) is 5.69 Å². The summed E-state index contributed by atoms with van der Waals surface area (Å²) >= 11 is 0. The van der Waals surface area contributed by atoms with Crippen LogP contribution in [0.1, 0.15) is 0 Å². The van der Waals surface area contributed by atoms with Crippen LogP contribution in [0.2, 0.25) is 0 Å². The van der Waals surface area contributed by atoms with Crippen molar-refractivity contribution in [2.24, 2.45) is 0 Å². The lowest BCUT2D eigenvalue weighted by molar-refractivity contribution is 1.07. The van der Waals surface area contributed by atoms with Crippen LogP contribution in [0, 0.1) is 6.57 Å². The zero-order chi connectivity index (χ0) is 45.4. The van der Waals surface area contributed by atoms with E-state index in [9.17, 15) is 0 Å². The molecule has 0 amide bonds. The fraction of sp³-hybridized carbons (Fsp3) is 0. The third-order valence-electron chi connectivity index (χ3n) is 13.0. The Balaban J connectivity index is 0.896. The summed E-state index contributed by atoms with van der Waals surface area (Å²) in [6, 6.07) is 84.7. The molecule has 11 aromatic carbocycles. The minimum Gasteiger partial charge on any atom is -0.238 e. The third kappa shape index (κ3) is 7.45. The van der Waals surface area contributed by atoms with Gasteiger partial charge in [0, 0.05) is 16.7 Å². The predicted octanol–water partition coefficient (Wildman–Crippen LogP) is 17.2.